The van der Waals surface area contributed by atoms with Crippen molar-refractivity contribution < 1.29 is 13.2 Å². The number of fused-ring (bicyclic) bond motifs is 1. The van der Waals surface area contributed by atoms with E-state index in [0.29, 0.717) is 16.5 Å². The maximum atomic E-state index is 12.6. The Labute approximate surface area is 150 Å². The Morgan fingerprint density at radius 2 is 2.00 bits per heavy atom. The molecule has 0 aliphatic carbocycles. The monoisotopic (exact) mass is 380 g/mol. The number of sulfonamides is 1. The summed E-state index contributed by atoms with van der Waals surface area (Å²) < 4.78 is 34.4. The van der Waals surface area contributed by atoms with Crippen molar-refractivity contribution in [1.82, 2.24) is 19.3 Å². The molecule has 0 spiro atoms. The smallest absolute Gasteiger partial charge is 0.244 e. The van der Waals surface area contributed by atoms with Crippen molar-refractivity contribution in [3.8, 4) is 5.75 Å². The number of ether oxygens (including phenoxy) is 1. The molecule has 132 valence electrons. The Bertz CT molecular complexity index is 1050. The Hall–Kier alpha value is -2.16. The van der Waals surface area contributed by atoms with E-state index in [-0.39, 0.29) is 17.2 Å². The van der Waals surface area contributed by atoms with Gasteiger partial charge in [-0.05, 0) is 49.7 Å². The van der Waals surface area contributed by atoms with Gasteiger partial charge in [-0.1, -0.05) is 11.6 Å². The van der Waals surface area contributed by atoms with Gasteiger partial charge in [-0.25, -0.2) is 22.6 Å². The van der Waals surface area contributed by atoms with Gasteiger partial charge in [0, 0.05) is 10.7 Å². The molecule has 0 saturated carbocycles. The summed E-state index contributed by atoms with van der Waals surface area (Å²) in [6.45, 7) is 3.84. The van der Waals surface area contributed by atoms with E-state index in [0.717, 1.165) is 11.3 Å². The summed E-state index contributed by atoms with van der Waals surface area (Å²) in [5, 5.41) is 4.64. The number of aromatic nitrogens is 3. The molecule has 2 aromatic heterocycles. The zero-order valence-electron chi connectivity index (χ0n) is 13.9. The van der Waals surface area contributed by atoms with E-state index < -0.39 is 10.0 Å². The van der Waals surface area contributed by atoms with E-state index in [1.165, 1.54) is 19.2 Å². The summed E-state index contributed by atoms with van der Waals surface area (Å²) in [6, 6.07) is 8.28. The molecule has 1 aromatic carbocycles. The van der Waals surface area contributed by atoms with Crippen molar-refractivity contribution in [3.63, 3.8) is 0 Å². The van der Waals surface area contributed by atoms with Gasteiger partial charge in [-0.2, -0.15) is 0 Å². The number of halogens is 1. The highest BCUT2D eigenvalue weighted by Crippen LogP contribution is 2.26. The highest BCUT2D eigenvalue weighted by atomic mass is 35.5. The number of nitrogens with zero attached hydrogens (tertiary/aromatic N) is 3. The molecule has 0 unspecified atom stereocenters. The largest absolute Gasteiger partial charge is 0.495 e. The van der Waals surface area contributed by atoms with Gasteiger partial charge in [0.15, 0.2) is 11.5 Å². The lowest BCUT2D eigenvalue weighted by atomic mass is 10.2. The fraction of sp³-hybridized carbons (Fsp3) is 0.250. The molecular weight excluding hydrogens is 364 g/mol. The average Bonchev–Trinajstić information content (AvgIpc) is 2.96. The molecule has 0 bridgehead atoms. The number of pyridine rings is 1. The zero-order valence-corrected chi connectivity index (χ0v) is 15.5. The zero-order chi connectivity index (χ0) is 18.2. The highest BCUT2D eigenvalue weighted by molar-refractivity contribution is 7.89. The molecule has 7 nitrogen and oxygen atoms in total. The minimum Gasteiger partial charge on any atom is -0.495 e. The predicted molar refractivity (Wildman–Crippen MR) is 94.5 cm³/mol. The standard InChI is InChI=1S/C16H17ClN4O3S/c1-10-6-11(2)21-16(7-10)19-15(20-21)9-18-25(22,23)14-8-12(17)4-5-13(14)24-3/h4-8,18H,9H2,1-3H3. The van der Waals surface area contributed by atoms with Crippen molar-refractivity contribution >= 4 is 27.3 Å². The van der Waals surface area contributed by atoms with E-state index in [4.69, 9.17) is 16.3 Å². The van der Waals surface area contributed by atoms with Gasteiger partial charge in [-0.3, -0.25) is 0 Å². The number of benzene rings is 1. The van der Waals surface area contributed by atoms with Gasteiger partial charge in [0.25, 0.3) is 0 Å². The normalized spacial score (nSPS) is 11.8. The molecule has 25 heavy (non-hydrogen) atoms. The Kier molecular flexibility index (Phi) is 4.68. The Morgan fingerprint density at radius 1 is 1.24 bits per heavy atom. The third kappa shape index (κ3) is 3.60. The van der Waals surface area contributed by atoms with Crippen LogP contribution in [0.2, 0.25) is 5.02 Å². The van der Waals surface area contributed by atoms with Gasteiger partial charge in [-0.15, -0.1) is 5.10 Å². The second-order valence-corrected chi connectivity index (χ2v) is 7.76. The Morgan fingerprint density at radius 3 is 2.72 bits per heavy atom. The quantitative estimate of drug-likeness (QED) is 0.735. The number of hydrogen-bond donors (Lipinski definition) is 1. The molecule has 3 rings (SSSR count). The van der Waals surface area contributed by atoms with Gasteiger partial charge < -0.3 is 4.74 Å². The molecule has 9 heteroatoms. The van der Waals surface area contributed by atoms with Crippen LogP contribution in [0.1, 0.15) is 17.1 Å². The van der Waals surface area contributed by atoms with Crippen molar-refractivity contribution in [1.29, 1.82) is 0 Å². The first-order valence-corrected chi connectivity index (χ1v) is 9.32. The minimum absolute atomic E-state index is 0.0294. The van der Waals surface area contributed by atoms with Crippen LogP contribution >= 0.6 is 11.6 Å². The van der Waals surface area contributed by atoms with E-state index in [2.05, 4.69) is 14.8 Å². The summed E-state index contributed by atoms with van der Waals surface area (Å²) >= 11 is 5.91. The minimum atomic E-state index is -3.83. The van der Waals surface area contributed by atoms with Crippen molar-refractivity contribution in [2.75, 3.05) is 7.11 Å². The van der Waals surface area contributed by atoms with Crippen LogP contribution in [0, 0.1) is 13.8 Å². The van der Waals surface area contributed by atoms with Crippen LogP contribution in [0.15, 0.2) is 35.2 Å². The second-order valence-electron chi connectivity index (χ2n) is 5.59. The summed E-state index contributed by atoms with van der Waals surface area (Å²) in [4.78, 5) is 4.33. The maximum absolute atomic E-state index is 12.6. The maximum Gasteiger partial charge on any atom is 0.244 e. The van der Waals surface area contributed by atoms with E-state index in [9.17, 15) is 8.42 Å². The van der Waals surface area contributed by atoms with Crippen molar-refractivity contribution in [2.45, 2.75) is 25.3 Å². The molecule has 3 aromatic rings. The summed E-state index contributed by atoms with van der Waals surface area (Å²) in [5.41, 5.74) is 2.66. The van der Waals surface area contributed by atoms with E-state index in [1.54, 1.807) is 10.6 Å². The third-order valence-corrected chi connectivity index (χ3v) is 5.30. The summed E-state index contributed by atoms with van der Waals surface area (Å²) in [6.07, 6.45) is 0. The van der Waals surface area contributed by atoms with Crippen molar-refractivity contribution in [3.05, 3.63) is 52.4 Å². The molecule has 0 aliphatic heterocycles. The molecule has 0 fully saturated rings. The second kappa shape index (κ2) is 6.62. The van der Waals surface area contributed by atoms with Crippen LogP contribution in [0.4, 0.5) is 0 Å². The number of methoxy groups -OCH3 is 1. The van der Waals surface area contributed by atoms with Crippen LogP contribution in [0.5, 0.6) is 5.75 Å². The summed E-state index contributed by atoms with van der Waals surface area (Å²) in [7, 11) is -2.43. The predicted octanol–water partition coefficient (Wildman–Crippen LogP) is 2.49. The molecule has 0 amide bonds. The first-order chi connectivity index (χ1) is 11.8. The molecular formula is C16H17ClN4O3S. The van der Waals surface area contributed by atoms with Crippen LogP contribution in [0.3, 0.4) is 0 Å². The van der Waals surface area contributed by atoms with Gasteiger partial charge >= 0.3 is 0 Å². The topological polar surface area (TPSA) is 85.6 Å². The van der Waals surface area contributed by atoms with Gasteiger partial charge in [0.05, 0.1) is 13.7 Å². The lowest BCUT2D eigenvalue weighted by Gasteiger charge is -2.10. The van der Waals surface area contributed by atoms with Gasteiger partial charge in [0.1, 0.15) is 10.6 Å². The van der Waals surface area contributed by atoms with Crippen LogP contribution in [0.25, 0.3) is 5.65 Å². The molecule has 0 saturated heterocycles. The fourth-order valence-corrected chi connectivity index (χ4v) is 3.94. The van der Waals surface area contributed by atoms with Crippen LogP contribution in [-0.2, 0) is 16.6 Å². The van der Waals surface area contributed by atoms with Crippen LogP contribution < -0.4 is 9.46 Å². The molecule has 0 aliphatic rings. The lowest BCUT2D eigenvalue weighted by Crippen LogP contribution is -2.24. The molecule has 0 atom stereocenters. The van der Waals surface area contributed by atoms with Crippen molar-refractivity contribution in [2.24, 2.45) is 0 Å². The molecule has 2 heterocycles. The first-order valence-electron chi connectivity index (χ1n) is 7.46. The third-order valence-electron chi connectivity index (χ3n) is 3.64. The molecule has 1 N–H and O–H groups in total. The summed E-state index contributed by atoms with van der Waals surface area (Å²) in [5.74, 6) is 0.588. The number of aryl methyl sites for hydroxylation is 2. The average molecular weight is 381 g/mol. The fourth-order valence-electron chi connectivity index (χ4n) is 2.53. The molecule has 0 radical (unpaired) electrons. The van der Waals surface area contributed by atoms with E-state index >= 15 is 0 Å². The SMILES string of the molecule is COc1ccc(Cl)cc1S(=O)(=O)NCc1nc2cc(C)cc(C)n2n1. The highest BCUT2D eigenvalue weighted by Gasteiger charge is 2.20. The number of hydrogen-bond acceptors (Lipinski definition) is 5. The first kappa shape index (κ1) is 17.7. The van der Waals surface area contributed by atoms with Crippen LogP contribution in [-0.4, -0.2) is 30.1 Å². The number of rotatable bonds is 5. The van der Waals surface area contributed by atoms with Gasteiger partial charge in [0.2, 0.25) is 10.0 Å². The van der Waals surface area contributed by atoms with E-state index in [1.807, 2.05) is 26.0 Å². The number of nitrogens with one attached hydrogen (secondary N) is 1. The Balaban J connectivity index is 1.88. The lowest BCUT2D eigenvalue weighted by molar-refractivity contribution is 0.402.